The van der Waals surface area contributed by atoms with Crippen LogP contribution in [0.3, 0.4) is 0 Å². The monoisotopic (exact) mass is 607 g/mol. The van der Waals surface area contributed by atoms with Gasteiger partial charge < -0.3 is 14.2 Å². The molecule has 2 atom stereocenters. The van der Waals surface area contributed by atoms with Gasteiger partial charge in [0.25, 0.3) is 0 Å². The van der Waals surface area contributed by atoms with Crippen LogP contribution in [0, 0.1) is 0 Å². The number of hydrogen-bond donors (Lipinski definition) is 0. The highest BCUT2D eigenvalue weighted by atomic mass is 16.7. The average molecular weight is 607 g/mol. The fraction of sp³-hybridized carbons (Fsp3) is 0.947. The maximum absolute atomic E-state index is 13.0. The smallest absolute Gasteiger partial charge is 0.342 e. The van der Waals surface area contributed by atoms with Crippen LogP contribution in [0.25, 0.3) is 0 Å². The molecular weight excluding hydrogens is 536 g/mol. The molecule has 1 heterocycles. The first-order valence-electron chi connectivity index (χ1n) is 19.2. The van der Waals surface area contributed by atoms with Gasteiger partial charge in [-0.2, -0.15) is 0 Å². The Hall–Kier alpha value is -1.10. The van der Waals surface area contributed by atoms with Crippen LogP contribution in [0.2, 0.25) is 0 Å². The lowest BCUT2D eigenvalue weighted by Gasteiger charge is -2.22. The van der Waals surface area contributed by atoms with Crippen LogP contribution in [0.15, 0.2) is 0 Å². The molecule has 0 aromatic rings. The first-order valence-corrected chi connectivity index (χ1v) is 19.2. The molecule has 1 aliphatic carbocycles. The minimum absolute atomic E-state index is 0.343. The Morgan fingerprint density at radius 2 is 0.698 bits per heavy atom. The highest BCUT2D eigenvalue weighted by molar-refractivity contribution is 5.98. The van der Waals surface area contributed by atoms with E-state index in [2.05, 4.69) is 13.8 Å². The van der Waals surface area contributed by atoms with Crippen molar-refractivity contribution in [2.75, 3.05) is 13.2 Å². The van der Waals surface area contributed by atoms with Gasteiger partial charge in [-0.1, -0.05) is 168 Å². The molecule has 0 bridgehead atoms. The Morgan fingerprint density at radius 3 is 0.977 bits per heavy atom. The molecule has 1 aliphatic heterocycles. The van der Waals surface area contributed by atoms with E-state index in [9.17, 15) is 9.59 Å². The summed E-state index contributed by atoms with van der Waals surface area (Å²) in [5.74, 6) is -0.687. The van der Waals surface area contributed by atoms with E-state index >= 15 is 0 Å². The summed E-state index contributed by atoms with van der Waals surface area (Å²) in [6.45, 7) is 5.39. The van der Waals surface area contributed by atoms with Gasteiger partial charge in [-0.3, -0.25) is 0 Å². The lowest BCUT2D eigenvalue weighted by atomic mass is 9.79. The van der Waals surface area contributed by atoms with Gasteiger partial charge in [0.1, 0.15) is 0 Å². The number of hydrogen-bond acceptors (Lipinski definition) is 5. The Kier molecular flexibility index (Phi) is 21.4. The number of unbranched alkanes of at least 4 members (excludes halogenated alkanes) is 24. The Balaban J connectivity index is 1.46. The number of carbonyl (C=O) groups is 2. The van der Waals surface area contributed by atoms with Crippen LogP contribution < -0.4 is 0 Å². The Labute approximate surface area is 266 Å². The van der Waals surface area contributed by atoms with Crippen molar-refractivity contribution in [2.45, 2.75) is 218 Å². The lowest BCUT2D eigenvalue weighted by Crippen LogP contribution is -2.44. The maximum atomic E-state index is 13.0. The van der Waals surface area contributed by atoms with Gasteiger partial charge in [-0.25, -0.2) is 9.59 Å². The number of carbonyl (C=O) groups excluding carboxylic acids is 2. The molecule has 0 aromatic heterocycles. The third-order valence-corrected chi connectivity index (χ3v) is 9.89. The van der Waals surface area contributed by atoms with Gasteiger partial charge in [0.05, 0.1) is 13.2 Å². The summed E-state index contributed by atoms with van der Waals surface area (Å²) in [4.78, 5) is 26.1. The summed E-state index contributed by atoms with van der Waals surface area (Å²) >= 11 is 0. The maximum Gasteiger partial charge on any atom is 0.342 e. The molecule has 0 amide bonds. The molecule has 5 heteroatoms. The van der Waals surface area contributed by atoms with E-state index in [1.54, 1.807) is 0 Å². The topological polar surface area (TPSA) is 65.1 Å². The third-order valence-electron chi connectivity index (χ3n) is 9.89. The van der Waals surface area contributed by atoms with E-state index < -0.39 is 11.2 Å². The van der Waals surface area contributed by atoms with Crippen molar-refractivity contribution in [3.8, 4) is 0 Å². The molecule has 2 unspecified atom stereocenters. The van der Waals surface area contributed by atoms with Crippen LogP contribution >= 0.6 is 0 Å². The largest absolute Gasteiger partial charge is 0.463 e. The number of fused-ring (bicyclic) bond motifs is 1. The quantitative estimate of drug-likeness (QED) is 0.0462. The second-order valence-electron chi connectivity index (χ2n) is 13.7. The number of ether oxygens (including phenoxy) is 3. The number of esters is 2. The van der Waals surface area contributed by atoms with Crippen LogP contribution in [-0.4, -0.2) is 36.4 Å². The van der Waals surface area contributed by atoms with Gasteiger partial charge in [0, 0.05) is 0 Å². The van der Waals surface area contributed by atoms with Crippen LogP contribution in [0.5, 0.6) is 0 Å². The highest BCUT2D eigenvalue weighted by Crippen LogP contribution is 2.59. The first-order chi connectivity index (χ1) is 21.1. The number of epoxide rings is 1. The fourth-order valence-electron chi connectivity index (χ4n) is 6.95. The average Bonchev–Trinajstić information content (AvgIpc) is 3.73. The lowest BCUT2D eigenvalue weighted by molar-refractivity contribution is -0.155. The normalized spacial score (nSPS) is 21.0. The van der Waals surface area contributed by atoms with E-state index in [0.29, 0.717) is 26.1 Å². The van der Waals surface area contributed by atoms with Crippen molar-refractivity contribution in [3.05, 3.63) is 0 Å². The van der Waals surface area contributed by atoms with E-state index in [1.807, 2.05) is 0 Å². The van der Waals surface area contributed by atoms with Crippen molar-refractivity contribution < 1.29 is 23.8 Å². The van der Waals surface area contributed by atoms with Gasteiger partial charge >= 0.3 is 11.9 Å². The fourth-order valence-corrected chi connectivity index (χ4v) is 6.95. The molecular formula is C38H70O5. The minimum Gasteiger partial charge on any atom is -0.463 e. The van der Waals surface area contributed by atoms with Gasteiger partial charge in [0.2, 0.25) is 11.2 Å². The van der Waals surface area contributed by atoms with Crippen molar-refractivity contribution in [3.63, 3.8) is 0 Å². The van der Waals surface area contributed by atoms with Crippen LogP contribution in [0.4, 0.5) is 0 Å². The van der Waals surface area contributed by atoms with Crippen molar-refractivity contribution >= 4 is 11.9 Å². The summed E-state index contributed by atoms with van der Waals surface area (Å²) in [7, 11) is 0. The summed E-state index contributed by atoms with van der Waals surface area (Å²) < 4.78 is 17.3. The molecule has 2 rings (SSSR count). The Bertz CT molecular complexity index is 650. The predicted octanol–water partition coefficient (Wildman–Crippen LogP) is 11.3. The minimum atomic E-state index is -1.09. The first kappa shape index (κ1) is 38.1. The van der Waals surface area contributed by atoms with E-state index in [-0.39, 0.29) is 11.9 Å². The van der Waals surface area contributed by atoms with Crippen molar-refractivity contribution in [1.82, 2.24) is 0 Å². The summed E-state index contributed by atoms with van der Waals surface area (Å²) in [6, 6.07) is 0. The second-order valence-corrected chi connectivity index (χ2v) is 13.7. The predicted molar refractivity (Wildman–Crippen MR) is 178 cm³/mol. The molecule has 0 spiro atoms. The zero-order chi connectivity index (χ0) is 30.9. The van der Waals surface area contributed by atoms with Crippen LogP contribution in [-0.2, 0) is 23.8 Å². The highest BCUT2D eigenvalue weighted by Gasteiger charge is 2.81. The summed E-state index contributed by atoms with van der Waals surface area (Å²) in [5.41, 5.74) is -2.18. The van der Waals surface area contributed by atoms with Crippen molar-refractivity contribution in [2.24, 2.45) is 0 Å². The molecule has 252 valence electrons. The summed E-state index contributed by atoms with van der Waals surface area (Å²) in [5, 5.41) is 0. The van der Waals surface area contributed by atoms with E-state index in [1.165, 1.54) is 141 Å². The molecule has 2 fully saturated rings. The van der Waals surface area contributed by atoms with Gasteiger partial charge in [-0.05, 0) is 38.5 Å². The molecule has 2 aliphatic rings. The molecule has 1 saturated heterocycles. The van der Waals surface area contributed by atoms with Gasteiger partial charge in [0.15, 0.2) is 0 Å². The zero-order valence-electron chi connectivity index (χ0n) is 28.7. The van der Waals surface area contributed by atoms with Crippen LogP contribution in [0.1, 0.15) is 206 Å². The van der Waals surface area contributed by atoms with Gasteiger partial charge in [-0.15, -0.1) is 0 Å². The molecule has 0 radical (unpaired) electrons. The Morgan fingerprint density at radius 1 is 0.442 bits per heavy atom. The van der Waals surface area contributed by atoms with E-state index in [0.717, 1.165) is 38.5 Å². The molecule has 5 nitrogen and oxygen atoms in total. The second kappa shape index (κ2) is 24.2. The molecule has 0 aromatic carbocycles. The molecule has 1 saturated carbocycles. The van der Waals surface area contributed by atoms with E-state index in [4.69, 9.17) is 14.2 Å². The standard InChI is InChI=1S/C38H70O5/c1-3-5-7-9-11-13-15-17-19-21-23-25-29-33-41-35(39)37-31-27-28-32-38(37,43-37)36(40)42-34-30-26-24-22-20-18-16-14-12-10-8-6-4-2/h3-34H2,1-2H3. The molecule has 43 heavy (non-hydrogen) atoms. The third kappa shape index (κ3) is 14.7. The molecule has 0 N–H and O–H groups in total. The summed E-state index contributed by atoms with van der Waals surface area (Å²) in [6.07, 6.45) is 36.5. The van der Waals surface area contributed by atoms with Crippen molar-refractivity contribution in [1.29, 1.82) is 0 Å². The zero-order valence-corrected chi connectivity index (χ0v) is 28.7. The SMILES string of the molecule is CCCCCCCCCCCCCCCOC(=O)C12CCCCC1(C(=O)OCCCCCCCCCCCCCCC)O2. The number of rotatable bonds is 30.